The minimum atomic E-state index is -1.77. The molecule has 0 heterocycles. The molecule has 34 heavy (non-hydrogen) atoms. The number of hydrazine groups is 1. The van der Waals surface area contributed by atoms with E-state index < -0.39 is 35.9 Å². The molecule has 2 atom stereocenters. The predicted molar refractivity (Wildman–Crippen MR) is 133 cm³/mol. The maximum Gasteiger partial charge on any atom is 0.475 e. The van der Waals surface area contributed by atoms with E-state index >= 15 is 0 Å². The molecule has 1 aromatic carbocycles. The fraction of sp³-hybridized carbons (Fsp3) is 0.450. The summed E-state index contributed by atoms with van der Waals surface area (Å²) < 4.78 is 0.893. The first-order valence-electron chi connectivity index (χ1n) is 10.6. The van der Waals surface area contributed by atoms with E-state index in [1.807, 2.05) is 26.0 Å². The van der Waals surface area contributed by atoms with Crippen LogP contribution < -0.4 is 21.8 Å². The van der Waals surface area contributed by atoms with Gasteiger partial charge in [0.25, 0.3) is 5.96 Å². The number of nitrogens with zero attached hydrogens (tertiary/aromatic N) is 2. The number of nitrogens with one attached hydrogen (secondary N) is 3. The van der Waals surface area contributed by atoms with Gasteiger partial charge in [0.05, 0.1) is 5.94 Å². The number of rotatable bonds is 13. The lowest BCUT2D eigenvalue weighted by Gasteiger charge is -2.23. The fourth-order valence-electron chi connectivity index (χ4n) is 2.90. The van der Waals surface area contributed by atoms with Crippen LogP contribution in [0.2, 0.25) is 0 Å². The van der Waals surface area contributed by atoms with Crippen molar-refractivity contribution in [3.05, 3.63) is 50.5 Å². The van der Waals surface area contributed by atoms with E-state index in [0.29, 0.717) is 6.42 Å². The highest BCUT2D eigenvalue weighted by atomic mass is 79.9. The minimum Gasteiger partial charge on any atom is -0.426 e. The molecule has 14 heteroatoms. The number of halogens is 1. The van der Waals surface area contributed by atoms with Gasteiger partial charge in [0.1, 0.15) is 6.04 Å². The van der Waals surface area contributed by atoms with Crippen LogP contribution in [0.5, 0.6) is 0 Å². The molecule has 0 unspecified atom stereocenters. The SMILES string of the molecule is CC(C)C[C@H](NC(=O)[C@H](CCCN=C(N)N[N+](=O)[O-])NC(=O)C=Cc1ccc(Br)cc1)B(O)O. The van der Waals surface area contributed by atoms with Crippen LogP contribution >= 0.6 is 15.9 Å². The van der Waals surface area contributed by atoms with Crippen LogP contribution in [0, 0.1) is 16.0 Å². The van der Waals surface area contributed by atoms with Crippen LogP contribution in [0.4, 0.5) is 0 Å². The first kappa shape index (κ1) is 29.1. The van der Waals surface area contributed by atoms with Crippen LogP contribution in [0.15, 0.2) is 39.8 Å². The topological polar surface area (TPSA) is 192 Å². The Balaban J connectivity index is 2.85. The second-order valence-electron chi connectivity index (χ2n) is 7.88. The third kappa shape index (κ3) is 12.3. The van der Waals surface area contributed by atoms with E-state index in [0.717, 1.165) is 10.0 Å². The Hall–Kier alpha value is -2.97. The zero-order valence-electron chi connectivity index (χ0n) is 19.0. The van der Waals surface area contributed by atoms with Gasteiger partial charge in [-0.15, -0.1) is 0 Å². The molecule has 1 aromatic rings. The first-order valence-corrected chi connectivity index (χ1v) is 11.4. The fourth-order valence-corrected chi connectivity index (χ4v) is 3.17. The summed E-state index contributed by atoms with van der Waals surface area (Å²) in [7, 11) is -1.77. The van der Waals surface area contributed by atoms with Crippen molar-refractivity contribution in [1.82, 2.24) is 16.1 Å². The highest BCUT2D eigenvalue weighted by Gasteiger charge is 2.29. The summed E-state index contributed by atoms with van der Waals surface area (Å²) >= 11 is 3.33. The molecule has 0 fully saturated rings. The van der Waals surface area contributed by atoms with Crippen molar-refractivity contribution in [2.24, 2.45) is 16.6 Å². The maximum atomic E-state index is 12.8. The summed E-state index contributed by atoms with van der Waals surface area (Å²) in [6, 6.07) is 6.25. The Labute approximate surface area is 206 Å². The number of aliphatic imine (C=N–C) groups is 1. The number of carbonyl (C=O) groups excluding carboxylic acids is 2. The van der Waals surface area contributed by atoms with Gasteiger partial charge in [-0.05, 0) is 49.0 Å². The van der Waals surface area contributed by atoms with Crippen molar-refractivity contribution < 1.29 is 24.7 Å². The molecular weight excluding hydrogens is 511 g/mol. The molecule has 0 bridgehead atoms. The van der Waals surface area contributed by atoms with E-state index in [1.54, 1.807) is 23.6 Å². The smallest absolute Gasteiger partial charge is 0.426 e. The molecule has 0 spiro atoms. The number of hydrogen-bond acceptors (Lipinski definition) is 7. The standard InChI is InChI=1S/C20H30BBrN6O6/c1-13(2)12-17(21(31)32)26-19(30)16(4-3-11-24-20(23)27-28(33)34)25-18(29)10-7-14-5-8-15(22)9-6-14/h5-10,13,16-17,31-32H,3-4,11-12H2,1-2H3,(H,25,29)(H,26,30)(H3,23,24,27)/t16-,17-/m0/s1. The number of guanidine groups is 1. The van der Waals surface area contributed by atoms with Crippen LogP contribution in [0.1, 0.15) is 38.7 Å². The van der Waals surface area contributed by atoms with E-state index in [-0.39, 0.29) is 31.3 Å². The van der Waals surface area contributed by atoms with E-state index in [9.17, 15) is 29.8 Å². The Morgan fingerprint density at radius 1 is 1.26 bits per heavy atom. The monoisotopic (exact) mass is 540 g/mol. The van der Waals surface area contributed by atoms with Gasteiger partial charge in [-0.2, -0.15) is 0 Å². The third-order valence-corrected chi connectivity index (χ3v) is 5.01. The molecule has 0 saturated carbocycles. The summed E-state index contributed by atoms with van der Waals surface area (Å²) in [5, 5.41) is 33.9. The number of benzene rings is 1. The number of nitro groups is 1. The number of nitrogens with two attached hydrogens (primary N) is 1. The summed E-state index contributed by atoms with van der Waals surface area (Å²) in [5.41, 5.74) is 7.85. The van der Waals surface area contributed by atoms with Gasteiger partial charge in [0.15, 0.2) is 5.03 Å². The molecule has 0 saturated heterocycles. The minimum absolute atomic E-state index is 0.0686. The third-order valence-electron chi connectivity index (χ3n) is 4.48. The van der Waals surface area contributed by atoms with Gasteiger partial charge in [-0.1, -0.05) is 47.3 Å². The predicted octanol–water partition coefficient (Wildman–Crippen LogP) is 0.366. The average Bonchev–Trinajstić information content (AvgIpc) is 2.74. The van der Waals surface area contributed by atoms with Gasteiger partial charge in [0.2, 0.25) is 11.8 Å². The highest BCUT2D eigenvalue weighted by molar-refractivity contribution is 9.10. The van der Waals surface area contributed by atoms with E-state index in [1.165, 1.54) is 6.08 Å². The second kappa shape index (κ2) is 15.0. The van der Waals surface area contributed by atoms with Gasteiger partial charge < -0.3 is 26.4 Å². The van der Waals surface area contributed by atoms with Crippen LogP contribution in [0.25, 0.3) is 6.08 Å². The largest absolute Gasteiger partial charge is 0.475 e. The van der Waals surface area contributed by atoms with Crippen molar-refractivity contribution in [2.75, 3.05) is 6.54 Å². The quantitative estimate of drug-likeness (QED) is 0.0392. The average molecular weight is 541 g/mol. The van der Waals surface area contributed by atoms with Crippen molar-refractivity contribution in [3.63, 3.8) is 0 Å². The molecule has 0 aliphatic heterocycles. The van der Waals surface area contributed by atoms with Crippen molar-refractivity contribution in [1.29, 1.82) is 0 Å². The molecule has 0 aromatic heterocycles. The lowest BCUT2D eigenvalue weighted by atomic mass is 9.75. The second-order valence-corrected chi connectivity index (χ2v) is 8.80. The zero-order chi connectivity index (χ0) is 25.7. The van der Waals surface area contributed by atoms with Crippen LogP contribution in [0.3, 0.4) is 0 Å². The first-order chi connectivity index (χ1) is 16.0. The molecule has 186 valence electrons. The lowest BCUT2D eigenvalue weighted by molar-refractivity contribution is -0.525. The normalized spacial score (nSPS) is 13.4. The van der Waals surface area contributed by atoms with Crippen molar-refractivity contribution >= 4 is 46.9 Å². The molecule has 7 N–H and O–H groups in total. The van der Waals surface area contributed by atoms with E-state index in [4.69, 9.17) is 5.73 Å². The molecule has 0 radical (unpaired) electrons. The summed E-state index contributed by atoms with van der Waals surface area (Å²) in [6.07, 6.45) is 3.60. The van der Waals surface area contributed by atoms with Gasteiger partial charge in [-0.3, -0.25) is 9.59 Å². The Morgan fingerprint density at radius 2 is 1.91 bits per heavy atom. The lowest BCUT2D eigenvalue weighted by Crippen LogP contribution is -2.54. The Kier molecular flexibility index (Phi) is 12.9. The Bertz CT molecular complexity index is 881. The molecule has 0 aliphatic rings. The molecule has 0 aliphatic carbocycles. The summed E-state index contributed by atoms with van der Waals surface area (Å²) in [4.78, 5) is 39.4. The summed E-state index contributed by atoms with van der Waals surface area (Å²) in [6.45, 7) is 3.81. The van der Waals surface area contributed by atoms with E-state index in [2.05, 4.69) is 31.6 Å². The molecular formula is C20H30BBrN6O6. The number of amides is 2. The van der Waals surface area contributed by atoms with Crippen LogP contribution in [-0.4, -0.2) is 58.5 Å². The van der Waals surface area contributed by atoms with Gasteiger partial charge in [-0.25, -0.2) is 15.1 Å². The molecule has 12 nitrogen and oxygen atoms in total. The van der Waals surface area contributed by atoms with Crippen LogP contribution in [-0.2, 0) is 9.59 Å². The van der Waals surface area contributed by atoms with Crippen molar-refractivity contribution in [2.45, 2.75) is 45.1 Å². The van der Waals surface area contributed by atoms with Gasteiger partial charge >= 0.3 is 7.12 Å². The van der Waals surface area contributed by atoms with Gasteiger partial charge in [0, 0.05) is 17.1 Å². The summed E-state index contributed by atoms with van der Waals surface area (Å²) in [5.74, 6) is -2.33. The Morgan fingerprint density at radius 3 is 2.47 bits per heavy atom. The maximum absolute atomic E-state index is 12.8. The molecule has 1 rings (SSSR count). The number of carbonyl (C=O) groups is 2. The number of hydrogen-bond donors (Lipinski definition) is 6. The highest BCUT2D eigenvalue weighted by Crippen LogP contribution is 2.12. The molecule has 2 amide bonds. The van der Waals surface area contributed by atoms with Crippen molar-refractivity contribution in [3.8, 4) is 0 Å². The zero-order valence-corrected chi connectivity index (χ0v) is 20.6.